The van der Waals surface area contributed by atoms with Gasteiger partial charge < -0.3 is 10.5 Å². The first-order valence-corrected chi connectivity index (χ1v) is 6.50. The van der Waals surface area contributed by atoms with E-state index in [-0.39, 0.29) is 0 Å². The number of aromatic nitrogens is 1. The van der Waals surface area contributed by atoms with Gasteiger partial charge in [-0.15, -0.1) is 0 Å². The van der Waals surface area contributed by atoms with Crippen LogP contribution < -0.4 is 10.5 Å². The number of aryl methyl sites for hydroxylation is 2. The van der Waals surface area contributed by atoms with Crippen LogP contribution in [0.3, 0.4) is 0 Å². The second-order valence-electron chi connectivity index (χ2n) is 4.14. The Labute approximate surface area is 115 Å². The van der Waals surface area contributed by atoms with Crippen molar-refractivity contribution in [3.8, 4) is 11.6 Å². The molecule has 2 aromatic rings. The van der Waals surface area contributed by atoms with Crippen LogP contribution in [0.2, 0.25) is 0 Å². The Morgan fingerprint density at radius 2 is 1.89 bits per heavy atom. The lowest BCUT2D eigenvalue weighted by Crippen LogP contribution is -2.00. The fourth-order valence-corrected chi connectivity index (χ4v) is 1.94. The average Bonchev–Trinajstić information content (AvgIpc) is 2.36. The highest BCUT2D eigenvalue weighted by atomic mass is 79.9. The van der Waals surface area contributed by atoms with Gasteiger partial charge in [0, 0.05) is 17.1 Å². The van der Waals surface area contributed by atoms with E-state index >= 15 is 0 Å². The van der Waals surface area contributed by atoms with Crippen molar-refractivity contribution >= 4 is 15.9 Å². The van der Waals surface area contributed by atoms with Gasteiger partial charge in [0.25, 0.3) is 0 Å². The van der Waals surface area contributed by atoms with Crippen LogP contribution in [0.25, 0.3) is 0 Å². The van der Waals surface area contributed by atoms with Crippen LogP contribution in [-0.4, -0.2) is 4.98 Å². The molecule has 94 valence electrons. The molecule has 18 heavy (non-hydrogen) atoms. The summed E-state index contributed by atoms with van der Waals surface area (Å²) < 4.78 is 6.86. The number of benzene rings is 1. The van der Waals surface area contributed by atoms with Crippen molar-refractivity contribution in [2.75, 3.05) is 0 Å². The monoisotopic (exact) mass is 306 g/mol. The molecule has 0 amide bonds. The quantitative estimate of drug-likeness (QED) is 0.940. The molecule has 0 aliphatic rings. The lowest BCUT2D eigenvalue weighted by Gasteiger charge is -2.09. The van der Waals surface area contributed by atoms with Gasteiger partial charge in [-0.3, -0.25) is 0 Å². The number of hydrogen-bond acceptors (Lipinski definition) is 3. The van der Waals surface area contributed by atoms with E-state index in [2.05, 4.69) is 20.9 Å². The van der Waals surface area contributed by atoms with Gasteiger partial charge in [0.2, 0.25) is 5.88 Å². The topological polar surface area (TPSA) is 48.1 Å². The molecular weight excluding hydrogens is 292 g/mol. The number of halogens is 1. The zero-order valence-corrected chi connectivity index (χ0v) is 12.0. The maximum Gasteiger partial charge on any atom is 0.219 e. The van der Waals surface area contributed by atoms with Crippen LogP contribution in [0.15, 0.2) is 34.8 Å². The minimum atomic E-state index is 0.412. The Kier molecular flexibility index (Phi) is 3.99. The van der Waals surface area contributed by atoms with Crippen molar-refractivity contribution in [1.82, 2.24) is 4.98 Å². The molecular formula is C14H15BrN2O. The molecule has 2 N–H and O–H groups in total. The summed E-state index contributed by atoms with van der Waals surface area (Å²) in [6.45, 7) is 4.48. The minimum Gasteiger partial charge on any atom is -0.439 e. The Morgan fingerprint density at radius 3 is 2.50 bits per heavy atom. The minimum absolute atomic E-state index is 0.412. The summed E-state index contributed by atoms with van der Waals surface area (Å²) in [6, 6.07) is 9.56. The lowest BCUT2D eigenvalue weighted by molar-refractivity contribution is 0.460. The largest absolute Gasteiger partial charge is 0.439 e. The SMILES string of the molecule is Cc1cc(Oc2cccc(CN)n2)cc(C)c1Br. The van der Waals surface area contributed by atoms with E-state index in [1.807, 2.05) is 44.2 Å². The van der Waals surface area contributed by atoms with Crippen molar-refractivity contribution < 1.29 is 4.74 Å². The summed E-state index contributed by atoms with van der Waals surface area (Å²) in [5.41, 5.74) is 8.65. The smallest absolute Gasteiger partial charge is 0.219 e. The van der Waals surface area contributed by atoms with E-state index in [1.165, 1.54) is 0 Å². The standard InChI is InChI=1S/C14H15BrN2O/c1-9-6-12(7-10(2)14(9)15)18-13-5-3-4-11(8-16)17-13/h3-7H,8,16H2,1-2H3. The third-order valence-corrected chi connectivity index (χ3v) is 3.87. The van der Waals surface area contributed by atoms with E-state index in [0.29, 0.717) is 12.4 Å². The predicted octanol–water partition coefficient (Wildman–Crippen LogP) is 3.71. The number of hydrogen-bond donors (Lipinski definition) is 1. The van der Waals surface area contributed by atoms with Gasteiger partial charge in [-0.2, -0.15) is 0 Å². The molecule has 0 saturated carbocycles. The van der Waals surface area contributed by atoms with E-state index in [0.717, 1.165) is 27.0 Å². The number of nitrogens with two attached hydrogens (primary N) is 1. The van der Waals surface area contributed by atoms with Crippen molar-refractivity contribution in [3.63, 3.8) is 0 Å². The third-order valence-electron chi connectivity index (χ3n) is 2.62. The van der Waals surface area contributed by atoms with Crippen LogP contribution >= 0.6 is 15.9 Å². The van der Waals surface area contributed by atoms with Crippen LogP contribution in [0, 0.1) is 13.8 Å². The van der Waals surface area contributed by atoms with Gasteiger partial charge in [0.05, 0.1) is 5.69 Å². The van der Waals surface area contributed by atoms with Crippen molar-refractivity contribution in [3.05, 3.63) is 51.6 Å². The van der Waals surface area contributed by atoms with Gasteiger partial charge in [-0.1, -0.05) is 22.0 Å². The molecule has 1 aromatic heterocycles. The predicted molar refractivity (Wildman–Crippen MR) is 75.8 cm³/mol. The van der Waals surface area contributed by atoms with Crippen LogP contribution in [0.1, 0.15) is 16.8 Å². The van der Waals surface area contributed by atoms with E-state index in [1.54, 1.807) is 0 Å². The Balaban J connectivity index is 2.28. The number of rotatable bonds is 3. The number of ether oxygens (including phenoxy) is 1. The van der Waals surface area contributed by atoms with Gasteiger partial charge in [0.1, 0.15) is 5.75 Å². The van der Waals surface area contributed by atoms with Crippen molar-refractivity contribution in [2.45, 2.75) is 20.4 Å². The normalized spacial score (nSPS) is 10.4. The molecule has 0 aliphatic carbocycles. The Bertz CT molecular complexity index is 546. The van der Waals surface area contributed by atoms with E-state index < -0.39 is 0 Å². The summed E-state index contributed by atoms with van der Waals surface area (Å²) >= 11 is 3.53. The maximum absolute atomic E-state index is 5.75. The van der Waals surface area contributed by atoms with Gasteiger partial charge in [-0.05, 0) is 43.2 Å². The van der Waals surface area contributed by atoms with Crippen molar-refractivity contribution in [2.24, 2.45) is 5.73 Å². The molecule has 0 spiro atoms. The molecule has 0 bridgehead atoms. The molecule has 2 rings (SSSR count). The fourth-order valence-electron chi connectivity index (χ4n) is 1.71. The Morgan fingerprint density at radius 1 is 1.22 bits per heavy atom. The number of pyridine rings is 1. The molecule has 0 radical (unpaired) electrons. The fraction of sp³-hybridized carbons (Fsp3) is 0.214. The first kappa shape index (κ1) is 13.1. The van der Waals surface area contributed by atoms with Crippen LogP contribution in [0.4, 0.5) is 0 Å². The van der Waals surface area contributed by atoms with E-state index in [4.69, 9.17) is 10.5 Å². The van der Waals surface area contributed by atoms with Gasteiger partial charge in [0.15, 0.2) is 0 Å². The zero-order valence-electron chi connectivity index (χ0n) is 10.4. The number of nitrogens with zero attached hydrogens (tertiary/aromatic N) is 1. The second-order valence-corrected chi connectivity index (χ2v) is 4.94. The zero-order chi connectivity index (χ0) is 13.1. The molecule has 0 fully saturated rings. The molecule has 0 atom stereocenters. The molecule has 0 saturated heterocycles. The highest BCUT2D eigenvalue weighted by Crippen LogP contribution is 2.28. The first-order chi connectivity index (χ1) is 8.60. The van der Waals surface area contributed by atoms with Crippen molar-refractivity contribution in [1.29, 1.82) is 0 Å². The van der Waals surface area contributed by atoms with Gasteiger partial charge in [-0.25, -0.2) is 4.98 Å². The lowest BCUT2D eigenvalue weighted by atomic mass is 10.1. The molecule has 0 aliphatic heterocycles. The molecule has 1 aromatic carbocycles. The molecule has 4 heteroatoms. The third kappa shape index (κ3) is 2.89. The average molecular weight is 307 g/mol. The first-order valence-electron chi connectivity index (χ1n) is 5.70. The molecule has 0 unspecified atom stereocenters. The second kappa shape index (κ2) is 5.50. The van der Waals surface area contributed by atoms with E-state index in [9.17, 15) is 0 Å². The van der Waals surface area contributed by atoms with Crippen LogP contribution in [-0.2, 0) is 6.54 Å². The highest BCUT2D eigenvalue weighted by molar-refractivity contribution is 9.10. The summed E-state index contributed by atoms with van der Waals surface area (Å²) in [6.07, 6.45) is 0. The maximum atomic E-state index is 5.75. The van der Waals surface area contributed by atoms with Crippen LogP contribution in [0.5, 0.6) is 11.6 Å². The molecule has 1 heterocycles. The summed E-state index contributed by atoms with van der Waals surface area (Å²) in [4.78, 5) is 4.31. The summed E-state index contributed by atoms with van der Waals surface area (Å²) in [7, 11) is 0. The molecule has 3 nitrogen and oxygen atoms in total. The Hall–Kier alpha value is -1.39. The van der Waals surface area contributed by atoms with Gasteiger partial charge >= 0.3 is 0 Å². The summed E-state index contributed by atoms with van der Waals surface area (Å²) in [5, 5.41) is 0. The highest BCUT2D eigenvalue weighted by Gasteiger charge is 2.05. The summed E-state index contributed by atoms with van der Waals surface area (Å²) in [5.74, 6) is 1.36.